The molecule has 0 aliphatic carbocycles. The molecule has 0 spiro atoms. The fourth-order valence-electron chi connectivity index (χ4n) is 2.25. The van der Waals surface area contributed by atoms with Gasteiger partial charge in [0.05, 0.1) is 34.1 Å². The molecule has 0 radical (unpaired) electrons. The smallest absolute Gasteiger partial charge is 0.203 e. The number of hydrogen-bond donors (Lipinski definition) is 1. The SMILES string of the molecule is COc1ccc(C=Cc2cc(OC)c(OC)c(OC)c2)cc1N.Cl. The number of hydrogen-bond acceptors (Lipinski definition) is 5. The van der Waals surface area contributed by atoms with Gasteiger partial charge in [-0.3, -0.25) is 0 Å². The van der Waals surface area contributed by atoms with E-state index in [0.29, 0.717) is 28.7 Å². The van der Waals surface area contributed by atoms with Crippen LogP contribution in [-0.2, 0) is 0 Å². The average Bonchev–Trinajstić information content (AvgIpc) is 2.58. The third kappa shape index (κ3) is 4.26. The summed E-state index contributed by atoms with van der Waals surface area (Å²) in [6.07, 6.45) is 3.90. The van der Waals surface area contributed by atoms with E-state index in [4.69, 9.17) is 24.7 Å². The number of nitrogens with two attached hydrogens (primary N) is 1. The molecule has 2 aromatic rings. The van der Waals surface area contributed by atoms with E-state index in [9.17, 15) is 0 Å². The molecule has 0 bridgehead atoms. The van der Waals surface area contributed by atoms with Crippen molar-refractivity contribution in [2.75, 3.05) is 34.2 Å². The van der Waals surface area contributed by atoms with E-state index < -0.39 is 0 Å². The van der Waals surface area contributed by atoms with E-state index in [1.807, 2.05) is 42.5 Å². The van der Waals surface area contributed by atoms with Crippen molar-refractivity contribution in [1.82, 2.24) is 0 Å². The minimum Gasteiger partial charge on any atom is -0.495 e. The van der Waals surface area contributed by atoms with Crippen LogP contribution in [0.15, 0.2) is 30.3 Å². The van der Waals surface area contributed by atoms with Crippen molar-refractivity contribution in [2.24, 2.45) is 0 Å². The highest BCUT2D eigenvalue weighted by Crippen LogP contribution is 2.38. The van der Waals surface area contributed by atoms with Gasteiger partial charge in [-0.05, 0) is 35.4 Å². The highest BCUT2D eigenvalue weighted by atomic mass is 35.5. The quantitative estimate of drug-likeness (QED) is 0.631. The summed E-state index contributed by atoms with van der Waals surface area (Å²) in [5.74, 6) is 2.46. The Hall–Kier alpha value is -2.53. The zero-order valence-electron chi connectivity index (χ0n) is 14.2. The summed E-state index contributed by atoms with van der Waals surface area (Å²) in [4.78, 5) is 0. The van der Waals surface area contributed by atoms with E-state index in [-0.39, 0.29) is 12.4 Å². The van der Waals surface area contributed by atoms with Crippen molar-refractivity contribution in [3.05, 3.63) is 41.5 Å². The van der Waals surface area contributed by atoms with Gasteiger partial charge in [0.1, 0.15) is 5.75 Å². The van der Waals surface area contributed by atoms with Crippen molar-refractivity contribution in [2.45, 2.75) is 0 Å². The Kier molecular flexibility index (Phi) is 7.27. The third-order valence-electron chi connectivity index (χ3n) is 3.41. The van der Waals surface area contributed by atoms with Gasteiger partial charge in [-0.2, -0.15) is 0 Å². The summed E-state index contributed by atoms with van der Waals surface area (Å²) in [6.45, 7) is 0. The highest BCUT2D eigenvalue weighted by Gasteiger charge is 2.11. The molecule has 130 valence electrons. The molecule has 0 saturated carbocycles. The monoisotopic (exact) mass is 351 g/mol. The van der Waals surface area contributed by atoms with Crippen molar-refractivity contribution in [1.29, 1.82) is 0 Å². The number of methoxy groups -OCH3 is 4. The van der Waals surface area contributed by atoms with Gasteiger partial charge in [-0.25, -0.2) is 0 Å². The topological polar surface area (TPSA) is 62.9 Å². The summed E-state index contributed by atoms with van der Waals surface area (Å²) in [5.41, 5.74) is 8.41. The Labute approximate surface area is 148 Å². The van der Waals surface area contributed by atoms with Gasteiger partial charge in [0.25, 0.3) is 0 Å². The first-order valence-corrected chi connectivity index (χ1v) is 7.04. The van der Waals surface area contributed by atoms with Crippen LogP contribution in [-0.4, -0.2) is 28.4 Å². The van der Waals surface area contributed by atoms with Crippen LogP contribution in [0.4, 0.5) is 5.69 Å². The Morgan fingerprint density at radius 3 is 1.71 bits per heavy atom. The summed E-state index contributed by atoms with van der Waals surface area (Å²) in [6, 6.07) is 9.39. The number of nitrogen functional groups attached to an aromatic ring is 1. The molecule has 5 nitrogen and oxygen atoms in total. The third-order valence-corrected chi connectivity index (χ3v) is 3.41. The predicted octanol–water partition coefficient (Wildman–Crippen LogP) is 3.90. The van der Waals surface area contributed by atoms with Gasteiger partial charge in [0, 0.05) is 0 Å². The standard InChI is InChI=1S/C18H21NO4.ClH/c1-20-15-8-7-12(9-14(15)19)5-6-13-10-16(21-2)18(23-4)17(11-13)22-3;/h5-11H,19H2,1-4H3;1H. The molecular weight excluding hydrogens is 330 g/mol. The Balaban J connectivity index is 0.00000288. The van der Waals surface area contributed by atoms with Crippen molar-refractivity contribution >= 4 is 30.2 Å². The van der Waals surface area contributed by atoms with Crippen LogP contribution in [0.3, 0.4) is 0 Å². The predicted molar refractivity (Wildman–Crippen MR) is 99.7 cm³/mol. The van der Waals surface area contributed by atoms with Crippen molar-refractivity contribution in [3.8, 4) is 23.0 Å². The fourth-order valence-corrected chi connectivity index (χ4v) is 2.25. The molecule has 0 atom stereocenters. The van der Waals surface area contributed by atoms with E-state index in [1.165, 1.54) is 0 Å². The molecule has 0 amide bonds. The first-order chi connectivity index (χ1) is 11.1. The van der Waals surface area contributed by atoms with Gasteiger partial charge in [0.15, 0.2) is 11.5 Å². The molecule has 6 heteroatoms. The van der Waals surface area contributed by atoms with Gasteiger partial charge in [-0.1, -0.05) is 18.2 Å². The molecule has 0 unspecified atom stereocenters. The number of halogens is 1. The van der Waals surface area contributed by atoms with Crippen LogP contribution in [0, 0.1) is 0 Å². The average molecular weight is 352 g/mol. The molecular formula is C18H22ClNO4. The normalized spacial score (nSPS) is 10.2. The maximum absolute atomic E-state index is 5.91. The minimum absolute atomic E-state index is 0. The van der Waals surface area contributed by atoms with Crippen LogP contribution < -0.4 is 24.7 Å². The number of ether oxygens (including phenoxy) is 4. The van der Waals surface area contributed by atoms with E-state index in [1.54, 1.807) is 28.4 Å². The lowest BCUT2D eigenvalue weighted by Crippen LogP contribution is -1.95. The van der Waals surface area contributed by atoms with E-state index >= 15 is 0 Å². The zero-order valence-corrected chi connectivity index (χ0v) is 15.0. The van der Waals surface area contributed by atoms with Crippen molar-refractivity contribution < 1.29 is 18.9 Å². The molecule has 0 fully saturated rings. The zero-order chi connectivity index (χ0) is 16.8. The van der Waals surface area contributed by atoms with Gasteiger partial charge in [0.2, 0.25) is 5.75 Å². The number of benzene rings is 2. The van der Waals surface area contributed by atoms with Gasteiger partial charge >= 0.3 is 0 Å². The van der Waals surface area contributed by atoms with E-state index in [0.717, 1.165) is 11.1 Å². The molecule has 2 rings (SSSR count). The Morgan fingerprint density at radius 1 is 0.708 bits per heavy atom. The van der Waals surface area contributed by atoms with Crippen molar-refractivity contribution in [3.63, 3.8) is 0 Å². The van der Waals surface area contributed by atoms with Crippen LogP contribution in [0.5, 0.6) is 23.0 Å². The van der Waals surface area contributed by atoms with Gasteiger partial charge in [-0.15, -0.1) is 12.4 Å². The molecule has 0 saturated heterocycles. The Morgan fingerprint density at radius 2 is 1.25 bits per heavy atom. The van der Waals surface area contributed by atoms with Gasteiger partial charge < -0.3 is 24.7 Å². The van der Waals surface area contributed by atoms with E-state index in [2.05, 4.69) is 0 Å². The highest BCUT2D eigenvalue weighted by molar-refractivity contribution is 5.85. The second kappa shape index (κ2) is 8.93. The Bertz CT molecular complexity index is 691. The molecule has 2 N–H and O–H groups in total. The molecule has 24 heavy (non-hydrogen) atoms. The minimum atomic E-state index is 0. The fraction of sp³-hybridized carbons (Fsp3) is 0.222. The summed E-state index contributed by atoms with van der Waals surface area (Å²) in [5, 5.41) is 0. The van der Waals surface area contributed by atoms with Crippen LogP contribution in [0.25, 0.3) is 12.2 Å². The maximum Gasteiger partial charge on any atom is 0.203 e. The maximum atomic E-state index is 5.91. The van der Waals surface area contributed by atoms with Crippen LogP contribution in [0.2, 0.25) is 0 Å². The molecule has 2 aromatic carbocycles. The first kappa shape index (κ1) is 19.5. The lowest BCUT2D eigenvalue weighted by Gasteiger charge is -2.12. The summed E-state index contributed by atoms with van der Waals surface area (Å²) in [7, 11) is 6.36. The number of rotatable bonds is 6. The van der Waals surface area contributed by atoms with Crippen LogP contribution in [0.1, 0.15) is 11.1 Å². The first-order valence-electron chi connectivity index (χ1n) is 7.04. The lowest BCUT2D eigenvalue weighted by atomic mass is 10.1. The molecule has 0 heterocycles. The lowest BCUT2D eigenvalue weighted by molar-refractivity contribution is 0.324. The second-order valence-electron chi connectivity index (χ2n) is 4.79. The molecule has 0 aliphatic rings. The van der Waals surface area contributed by atoms with Crippen LogP contribution >= 0.6 is 12.4 Å². The molecule has 0 aromatic heterocycles. The summed E-state index contributed by atoms with van der Waals surface area (Å²) < 4.78 is 21.2. The largest absolute Gasteiger partial charge is 0.495 e. The number of anilines is 1. The molecule has 0 aliphatic heterocycles. The second-order valence-corrected chi connectivity index (χ2v) is 4.79. The summed E-state index contributed by atoms with van der Waals surface area (Å²) >= 11 is 0.